The predicted molar refractivity (Wildman–Crippen MR) is 71.0 cm³/mol. The highest BCUT2D eigenvalue weighted by Crippen LogP contribution is 2.17. The number of methoxy groups -OCH3 is 1. The summed E-state index contributed by atoms with van der Waals surface area (Å²) in [4.78, 5) is 23.0. The van der Waals surface area contributed by atoms with Crippen molar-refractivity contribution in [3.8, 4) is 0 Å². The minimum atomic E-state index is -0.525. The summed E-state index contributed by atoms with van der Waals surface area (Å²) in [5, 5.41) is 10.5. The van der Waals surface area contributed by atoms with Crippen LogP contribution >= 0.6 is 0 Å². The number of hydrogen-bond donors (Lipinski definition) is 1. The van der Waals surface area contributed by atoms with Crippen LogP contribution in [0.15, 0.2) is 6.20 Å². The molecule has 0 unspecified atom stereocenters. The third-order valence-corrected chi connectivity index (χ3v) is 3.47. The van der Waals surface area contributed by atoms with Crippen molar-refractivity contribution in [2.24, 2.45) is 0 Å². The fraction of sp³-hybridized carbons (Fsp3) is 0.692. The third kappa shape index (κ3) is 4.04. The van der Waals surface area contributed by atoms with Crippen LogP contribution in [-0.4, -0.2) is 40.0 Å². The molecule has 1 aromatic rings. The molecular weight excluding hydrogens is 260 g/mol. The Morgan fingerprint density at radius 3 is 2.85 bits per heavy atom. The summed E-state index contributed by atoms with van der Waals surface area (Å²) in [5.74, 6) is -0.505. The third-order valence-electron chi connectivity index (χ3n) is 3.47. The standard InChI is InChI=1S/C13H20N4O3/c1-20-13(19)11-9-17(16-15-11)8-7-12(18)14-10-5-3-2-4-6-10/h9-10H,2-8H2,1H3,(H,14,18). The van der Waals surface area contributed by atoms with Gasteiger partial charge in [-0.05, 0) is 12.8 Å². The van der Waals surface area contributed by atoms with Crippen molar-refractivity contribution in [3.05, 3.63) is 11.9 Å². The smallest absolute Gasteiger partial charge is 0.360 e. The SMILES string of the molecule is COC(=O)c1cn(CCC(=O)NC2CCCCC2)nn1. The lowest BCUT2D eigenvalue weighted by molar-refractivity contribution is -0.122. The van der Waals surface area contributed by atoms with E-state index in [4.69, 9.17) is 0 Å². The van der Waals surface area contributed by atoms with E-state index >= 15 is 0 Å². The number of hydrogen-bond acceptors (Lipinski definition) is 5. The minimum Gasteiger partial charge on any atom is -0.464 e. The van der Waals surface area contributed by atoms with Crippen LogP contribution < -0.4 is 5.32 Å². The van der Waals surface area contributed by atoms with Crippen LogP contribution in [0, 0.1) is 0 Å². The normalized spacial score (nSPS) is 15.8. The van der Waals surface area contributed by atoms with Crippen LogP contribution in [-0.2, 0) is 16.1 Å². The zero-order valence-electron chi connectivity index (χ0n) is 11.7. The maximum absolute atomic E-state index is 11.8. The number of carbonyl (C=O) groups is 2. The van der Waals surface area contributed by atoms with Gasteiger partial charge >= 0.3 is 5.97 Å². The number of esters is 1. The van der Waals surface area contributed by atoms with Gasteiger partial charge in [0.15, 0.2) is 5.69 Å². The Bertz CT molecular complexity index is 466. The number of nitrogens with zero attached hydrogens (tertiary/aromatic N) is 3. The number of amides is 1. The zero-order valence-corrected chi connectivity index (χ0v) is 11.7. The summed E-state index contributed by atoms with van der Waals surface area (Å²) >= 11 is 0. The van der Waals surface area contributed by atoms with Gasteiger partial charge in [0.05, 0.1) is 19.9 Å². The molecule has 0 bridgehead atoms. The van der Waals surface area contributed by atoms with Crippen LogP contribution in [0.1, 0.15) is 49.0 Å². The first-order valence-electron chi connectivity index (χ1n) is 6.97. The maximum atomic E-state index is 11.8. The molecular formula is C13H20N4O3. The second-order valence-corrected chi connectivity index (χ2v) is 5.01. The molecule has 7 heteroatoms. The van der Waals surface area contributed by atoms with Crippen molar-refractivity contribution in [1.82, 2.24) is 20.3 Å². The van der Waals surface area contributed by atoms with E-state index in [-0.39, 0.29) is 11.6 Å². The monoisotopic (exact) mass is 280 g/mol. The second kappa shape index (κ2) is 7.02. The molecule has 0 atom stereocenters. The van der Waals surface area contributed by atoms with Crippen molar-refractivity contribution in [3.63, 3.8) is 0 Å². The maximum Gasteiger partial charge on any atom is 0.360 e. The molecule has 0 aromatic carbocycles. The zero-order chi connectivity index (χ0) is 14.4. The van der Waals surface area contributed by atoms with Gasteiger partial charge in [-0.3, -0.25) is 9.48 Å². The minimum absolute atomic E-state index is 0.0204. The topological polar surface area (TPSA) is 86.1 Å². The van der Waals surface area contributed by atoms with Crippen LogP contribution in [0.4, 0.5) is 0 Å². The van der Waals surface area contributed by atoms with Crippen molar-refractivity contribution >= 4 is 11.9 Å². The molecule has 0 aliphatic heterocycles. The summed E-state index contributed by atoms with van der Waals surface area (Å²) in [7, 11) is 1.29. The van der Waals surface area contributed by atoms with E-state index in [1.807, 2.05) is 0 Å². The van der Waals surface area contributed by atoms with E-state index < -0.39 is 5.97 Å². The summed E-state index contributed by atoms with van der Waals surface area (Å²) < 4.78 is 6.02. The van der Waals surface area contributed by atoms with Gasteiger partial charge in [0, 0.05) is 12.5 Å². The molecule has 1 fully saturated rings. The quantitative estimate of drug-likeness (QED) is 0.810. The van der Waals surface area contributed by atoms with E-state index in [1.165, 1.54) is 37.3 Å². The molecule has 0 radical (unpaired) electrons. The number of aryl methyl sites for hydroxylation is 1. The van der Waals surface area contributed by atoms with E-state index in [9.17, 15) is 9.59 Å². The van der Waals surface area contributed by atoms with Gasteiger partial charge in [0.1, 0.15) is 0 Å². The van der Waals surface area contributed by atoms with Gasteiger partial charge < -0.3 is 10.1 Å². The second-order valence-electron chi connectivity index (χ2n) is 5.01. The van der Waals surface area contributed by atoms with Gasteiger partial charge in [0.25, 0.3) is 0 Å². The first kappa shape index (κ1) is 14.5. The number of aromatic nitrogens is 3. The molecule has 1 aliphatic carbocycles. The number of carbonyl (C=O) groups excluding carboxylic acids is 2. The highest BCUT2D eigenvalue weighted by Gasteiger charge is 2.16. The fourth-order valence-corrected chi connectivity index (χ4v) is 2.37. The Morgan fingerprint density at radius 1 is 1.40 bits per heavy atom. The van der Waals surface area contributed by atoms with Crippen LogP contribution in [0.2, 0.25) is 0 Å². The van der Waals surface area contributed by atoms with E-state index in [1.54, 1.807) is 0 Å². The van der Waals surface area contributed by atoms with E-state index in [2.05, 4.69) is 20.4 Å². The van der Waals surface area contributed by atoms with Crippen molar-refractivity contribution in [2.45, 2.75) is 51.1 Å². The molecule has 0 saturated heterocycles. The molecule has 0 spiro atoms. The Morgan fingerprint density at radius 2 is 2.15 bits per heavy atom. The van der Waals surface area contributed by atoms with E-state index in [0.717, 1.165) is 12.8 Å². The summed E-state index contributed by atoms with van der Waals surface area (Å²) in [6.07, 6.45) is 7.61. The Labute approximate surface area is 117 Å². The fourth-order valence-electron chi connectivity index (χ4n) is 2.37. The lowest BCUT2D eigenvalue weighted by atomic mass is 9.95. The molecule has 110 valence electrons. The predicted octanol–water partition coefficient (Wildman–Crippen LogP) is 0.904. The Kier molecular flexibility index (Phi) is 5.09. The lowest BCUT2D eigenvalue weighted by Gasteiger charge is -2.22. The van der Waals surface area contributed by atoms with Gasteiger partial charge in [-0.2, -0.15) is 0 Å². The first-order valence-corrected chi connectivity index (χ1v) is 6.97. The number of ether oxygens (including phenoxy) is 1. The van der Waals surface area contributed by atoms with E-state index in [0.29, 0.717) is 19.0 Å². The van der Waals surface area contributed by atoms with Crippen LogP contribution in [0.3, 0.4) is 0 Å². The van der Waals surface area contributed by atoms with Crippen molar-refractivity contribution in [1.29, 1.82) is 0 Å². The van der Waals surface area contributed by atoms with Gasteiger partial charge in [-0.15, -0.1) is 5.10 Å². The molecule has 1 amide bonds. The molecule has 1 saturated carbocycles. The van der Waals surface area contributed by atoms with Crippen LogP contribution in [0.5, 0.6) is 0 Å². The summed E-state index contributed by atoms with van der Waals surface area (Å²) in [6, 6.07) is 0.317. The number of nitrogens with one attached hydrogen (secondary N) is 1. The average Bonchev–Trinajstić information content (AvgIpc) is 2.94. The first-order chi connectivity index (χ1) is 9.69. The van der Waals surface area contributed by atoms with Crippen molar-refractivity contribution < 1.29 is 14.3 Å². The van der Waals surface area contributed by atoms with Crippen LogP contribution in [0.25, 0.3) is 0 Å². The van der Waals surface area contributed by atoms with Crippen molar-refractivity contribution in [2.75, 3.05) is 7.11 Å². The largest absolute Gasteiger partial charge is 0.464 e. The van der Waals surface area contributed by atoms with Gasteiger partial charge in [-0.25, -0.2) is 4.79 Å². The van der Waals surface area contributed by atoms with Gasteiger partial charge in [0.2, 0.25) is 5.91 Å². The Balaban J connectivity index is 1.75. The molecule has 2 rings (SSSR count). The number of rotatable bonds is 5. The molecule has 1 aromatic heterocycles. The molecule has 1 aliphatic rings. The molecule has 1 N–H and O–H groups in total. The highest BCUT2D eigenvalue weighted by molar-refractivity contribution is 5.86. The van der Waals surface area contributed by atoms with Gasteiger partial charge in [-0.1, -0.05) is 24.5 Å². The molecule has 7 nitrogen and oxygen atoms in total. The Hall–Kier alpha value is -1.92. The molecule has 1 heterocycles. The lowest BCUT2D eigenvalue weighted by Crippen LogP contribution is -2.36. The highest BCUT2D eigenvalue weighted by atomic mass is 16.5. The molecule has 20 heavy (non-hydrogen) atoms. The summed E-state index contributed by atoms with van der Waals surface area (Å²) in [5.41, 5.74) is 0.153. The average molecular weight is 280 g/mol. The summed E-state index contributed by atoms with van der Waals surface area (Å²) in [6.45, 7) is 0.405.